The van der Waals surface area contributed by atoms with Crippen molar-refractivity contribution in [3.8, 4) is 0 Å². The largest absolute Gasteiger partial charge is 0.293 e. The van der Waals surface area contributed by atoms with E-state index in [0.717, 1.165) is 5.56 Å². The highest BCUT2D eigenvalue weighted by molar-refractivity contribution is 7.71. The van der Waals surface area contributed by atoms with Gasteiger partial charge in [-0.25, -0.2) is 4.98 Å². The molecule has 4 nitrogen and oxygen atoms in total. The lowest BCUT2D eigenvalue weighted by Gasteiger charge is -2.08. The van der Waals surface area contributed by atoms with Crippen LogP contribution in [0, 0.1) is 11.6 Å². The van der Waals surface area contributed by atoms with Crippen LogP contribution >= 0.6 is 12.2 Å². The van der Waals surface area contributed by atoms with E-state index in [1.807, 2.05) is 10.6 Å². The van der Waals surface area contributed by atoms with Gasteiger partial charge in [0.1, 0.15) is 4.64 Å². The van der Waals surface area contributed by atoms with Gasteiger partial charge in [0.05, 0.1) is 0 Å². The Morgan fingerprint density at radius 2 is 2.12 bits per heavy atom. The molecular weight excluding hydrogens is 222 g/mol. The summed E-state index contributed by atoms with van der Waals surface area (Å²) >= 11 is 5.19. The quantitative estimate of drug-likeness (QED) is 0.771. The monoisotopic (exact) mass is 235 g/mol. The average molecular weight is 235 g/mol. The fourth-order valence-electron chi connectivity index (χ4n) is 1.54. The van der Waals surface area contributed by atoms with Crippen LogP contribution in [0.3, 0.4) is 0 Å². The summed E-state index contributed by atoms with van der Waals surface area (Å²) in [6.45, 7) is 5.90. The number of aromatic amines is 1. The van der Waals surface area contributed by atoms with E-state index in [1.165, 1.54) is 0 Å². The van der Waals surface area contributed by atoms with E-state index in [2.05, 4.69) is 23.8 Å². The Morgan fingerprint density at radius 3 is 2.75 bits per heavy atom. The van der Waals surface area contributed by atoms with Gasteiger partial charge in [-0.1, -0.05) is 26.1 Å². The van der Waals surface area contributed by atoms with E-state index in [0.29, 0.717) is 21.9 Å². The highest BCUT2D eigenvalue weighted by atomic mass is 32.1. The first-order valence-corrected chi connectivity index (χ1v) is 5.52. The first-order chi connectivity index (χ1) is 7.49. The lowest BCUT2D eigenvalue weighted by molar-refractivity contribution is 0.828. The molecule has 1 N–H and O–H groups in total. The third-order valence-corrected chi connectivity index (χ3v) is 2.84. The standard InChI is InChI=1S/C11H13N3OS/c1-6(2)8-5-14-4-7(3)9(15)12-11(14)13-10(8)16/h4-6H,1-3H3,(H,12,13,15,16). The van der Waals surface area contributed by atoms with E-state index in [1.54, 1.807) is 13.1 Å². The van der Waals surface area contributed by atoms with Gasteiger partial charge in [0, 0.05) is 23.5 Å². The highest BCUT2D eigenvalue weighted by Crippen LogP contribution is 2.14. The van der Waals surface area contributed by atoms with Crippen LogP contribution in [0.4, 0.5) is 0 Å². The minimum absolute atomic E-state index is 0.126. The molecule has 0 saturated heterocycles. The molecule has 0 aliphatic rings. The van der Waals surface area contributed by atoms with Gasteiger partial charge in [-0.2, -0.15) is 0 Å². The summed E-state index contributed by atoms with van der Waals surface area (Å²) in [7, 11) is 0. The van der Waals surface area contributed by atoms with Gasteiger partial charge < -0.3 is 0 Å². The SMILES string of the molecule is Cc1cn2cc(C(C)C)c(=S)nc2[nH]c1=O. The van der Waals surface area contributed by atoms with E-state index in [9.17, 15) is 4.79 Å². The third-order valence-electron chi connectivity index (χ3n) is 2.52. The molecule has 0 spiro atoms. The Kier molecular flexibility index (Phi) is 2.63. The number of H-pyrrole nitrogens is 1. The molecule has 0 aromatic carbocycles. The van der Waals surface area contributed by atoms with Gasteiger partial charge in [0.2, 0.25) is 5.78 Å². The Balaban J connectivity index is 2.85. The molecule has 5 heteroatoms. The van der Waals surface area contributed by atoms with Crippen molar-refractivity contribution < 1.29 is 0 Å². The molecule has 0 atom stereocenters. The number of nitrogens with zero attached hydrogens (tertiary/aromatic N) is 2. The maximum absolute atomic E-state index is 11.4. The lowest BCUT2D eigenvalue weighted by atomic mass is 10.1. The number of nitrogens with one attached hydrogen (secondary N) is 1. The molecule has 2 heterocycles. The zero-order valence-corrected chi connectivity index (χ0v) is 10.3. The van der Waals surface area contributed by atoms with Crippen molar-refractivity contribution in [2.24, 2.45) is 0 Å². The van der Waals surface area contributed by atoms with Crippen LogP contribution < -0.4 is 5.56 Å². The normalized spacial score (nSPS) is 11.2. The van der Waals surface area contributed by atoms with Gasteiger partial charge in [-0.3, -0.25) is 14.2 Å². The molecule has 84 valence electrons. The van der Waals surface area contributed by atoms with Crippen LogP contribution in [0.2, 0.25) is 0 Å². The van der Waals surface area contributed by atoms with Crippen molar-refractivity contribution in [3.05, 3.63) is 38.5 Å². The molecular formula is C11H13N3OS. The molecule has 2 rings (SSSR count). The molecule has 0 amide bonds. The van der Waals surface area contributed by atoms with Crippen molar-refractivity contribution in [2.45, 2.75) is 26.7 Å². The fourth-order valence-corrected chi connectivity index (χ4v) is 1.91. The number of aryl methyl sites for hydroxylation is 1. The number of hydrogen-bond donors (Lipinski definition) is 1. The Labute approximate surface area is 98.0 Å². The topological polar surface area (TPSA) is 50.2 Å². The van der Waals surface area contributed by atoms with E-state index in [4.69, 9.17) is 12.2 Å². The summed E-state index contributed by atoms with van der Waals surface area (Å²) in [6.07, 6.45) is 3.69. The second-order valence-electron chi connectivity index (χ2n) is 4.15. The molecule has 0 aliphatic heterocycles. The zero-order valence-electron chi connectivity index (χ0n) is 9.44. The van der Waals surface area contributed by atoms with Gasteiger partial charge in [0.25, 0.3) is 5.56 Å². The van der Waals surface area contributed by atoms with E-state index in [-0.39, 0.29) is 5.56 Å². The smallest absolute Gasteiger partial charge is 0.255 e. The summed E-state index contributed by atoms with van der Waals surface area (Å²) in [5.41, 5.74) is 1.55. The molecule has 0 bridgehead atoms. The summed E-state index contributed by atoms with van der Waals surface area (Å²) in [5.74, 6) is 0.814. The number of rotatable bonds is 1. The minimum Gasteiger partial charge on any atom is -0.293 e. The summed E-state index contributed by atoms with van der Waals surface area (Å²) in [6, 6.07) is 0. The lowest BCUT2D eigenvalue weighted by Crippen LogP contribution is -2.14. The van der Waals surface area contributed by atoms with Crippen molar-refractivity contribution in [1.29, 1.82) is 0 Å². The maximum Gasteiger partial charge on any atom is 0.255 e. The summed E-state index contributed by atoms with van der Waals surface area (Å²) in [5, 5.41) is 0. The predicted molar refractivity (Wildman–Crippen MR) is 65.5 cm³/mol. The Bertz CT molecular complexity index is 654. The van der Waals surface area contributed by atoms with Crippen LogP contribution in [-0.4, -0.2) is 14.4 Å². The molecule has 2 aromatic heterocycles. The number of aromatic nitrogens is 3. The molecule has 0 saturated carbocycles. The molecule has 16 heavy (non-hydrogen) atoms. The van der Waals surface area contributed by atoms with Crippen molar-refractivity contribution in [1.82, 2.24) is 14.4 Å². The zero-order chi connectivity index (χ0) is 11.9. The van der Waals surface area contributed by atoms with Gasteiger partial charge in [-0.15, -0.1) is 0 Å². The second-order valence-corrected chi connectivity index (χ2v) is 4.54. The van der Waals surface area contributed by atoms with Gasteiger partial charge >= 0.3 is 0 Å². The first-order valence-electron chi connectivity index (χ1n) is 5.12. The minimum atomic E-state index is -0.126. The van der Waals surface area contributed by atoms with Gasteiger partial charge in [0.15, 0.2) is 0 Å². The molecule has 2 aromatic rings. The van der Waals surface area contributed by atoms with E-state index < -0.39 is 0 Å². The molecule has 0 unspecified atom stereocenters. The Hall–Kier alpha value is -1.49. The van der Waals surface area contributed by atoms with Crippen LogP contribution in [0.25, 0.3) is 5.78 Å². The first kappa shape index (κ1) is 11.0. The van der Waals surface area contributed by atoms with Crippen molar-refractivity contribution in [3.63, 3.8) is 0 Å². The van der Waals surface area contributed by atoms with Crippen molar-refractivity contribution in [2.75, 3.05) is 0 Å². The van der Waals surface area contributed by atoms with Crippen molar-refractivity contribution >= 4 is 18.0 Å². The number of fused-ring (bicyclic) bond motifs is 1. The maximum atomic E-state index is 11.4. The second kappa shape index (κ2) is 3.83. The third kappa shape index (κ3) is 1.78. The number of hydrogen-bond acceptors (Lipinski definition) is 3. The van der Waals surface area contributed by atoms with Crippen LogP contribution in [0.5, 0.6) is 0 Å². The Morgan fingerprint density at radius 1 is 1.44 bits per heavy atom. The average Bonchev–Trinajstić information content (AvgIpc) is 2.19. The molecule has 0 radical (unpaired) electrons. The molecule has 0 aliphatic carbocycles. The van der Waals surface area contributed by atoms with Crippen LogP contribution in [0.1, 0.15) is 30.9 Å². The van der Waals surface area contributed by atoms with E-state index >= 15 is 0 Å². The molecule has 0 fully saturated rings. The predicted octanol–water partition coefficient (Wildman–Crippen LogP) is 2.18. The highest BCUT2D eigenvalue weighted by Gasteiger charge is 2.06. The van der Waals surface area contributed by atoms with Crippen LogP contribution in [0.15, 0.2) is 17.2 Å². The van der Waals surface area contributed by atoms with Crippen LogP contribution in [-0.2, 0) is 0 Å². The fraction of sp³-hybridized carbons (Fsp3) is 0.364. The van der Waals surface area contributed by atoms with Gasteiger partial charge in [-0.05, 0) is 12.8 Å². The summed E-state index contributed by atoms with van der Waals surface area (Å²) in [4.78, 5) is 18.3. The summed E-state index contributed by atoms with van der Waals surface area (Å²) < 4.78 is 2.36.